The summed E-state index contributed by atoms with van der Waals surface area (Å²) in [7, 11) is 0. The average molecular weight is 270 g/mol. The van der Waals surface area contributed by atoms with E-state index in [1.807, 2.05) is 13.8 Å². The van der Waals surface area contributed by atoms with Gasteiger partial charge < -0.3 is 9.84 Å². The second kappa shape index (κ2) is 6.63. The van der Waals surface area contributed by atoms with E-state index in [-0.39, 0.29) is 18.1 Å². The molecule has 0 aromatic rings. The highest BCUT2D eigenvalue weighted by atomic mass is 16.5. The number of hydrogen-bond acceptors (Lipinski definition) is 2. The zero-order chi connectivity index (χ0) is 14.4. The third kappa shape index (κ3) is 4.15. The molecule has 2 heteroatoms. The summed E-state index contributed by atoms with van der Waals surface area (Å²) >= 11 is 0. The van der Waals surface area contributed by atoms with Crippen LogP contribution in [0.3, 0.4) is 0 Å². The van der Waals surface area contributed by atoms with Gasteiger partial charge in [-0.2, -0.15) is 0 Å². The first-order valence-electron chi connectivity index (χ1n) is 7.13. The van der Waals surface area contributed by atoms with Crippen LogP contribution in [0.1, 0.15) is 33.1 Å². The van der Waals surface area contributed by atoms with Gasteiger partial charge in [0.25, 0.3) is 0 Å². The van der Waals surface area contributed by atoms with Crippen molar-refractivity contribution in [3.8, 4) is 11.8 Å². The van der Waals surface area contributed by atoms with Crippen molar-refractivity contribution in [2.45, 2.75) is 38.7 Å². The van der Waals surface area contributed by atoms with E-state index < -0.39 is 0 Å². The van der Waals surface area contributed by atoms with Crippen molar-refractivity contribution in [1.29, 1.82) is 0 Å². The molecule has 0 saturated carbocycles. The summed E-state index contributed by atoms with van der Waals surface area (Å²) in [6.45, 7) is 4.12. The minimum atomic E-state index is -0.359. The molecule has 0 spiro atoms. The van der Waals surface area contributed by atoms with Crippen LogP contribution in [-0.4, -0.2) is 17.3 Å². The third-order valence-electron chi connectivity index (χ3n) is 3.38. The Hall–Kier alpha value is -1.72. The predicted octanol–water partition coefficient (Wildman–Crippen LogP) is 3.51. The summed E-state index contributed by atoms with van der Waals surface area (Å²) in [5.41, 5.74) is 0.783. The van der Waals surface area contributed by atoms with Crippen molar-refractivity contribution in [3.63, 3.8) is 0 Å². The molecule has 20 heavy (non-hydrogen) atoms. The van der Waals surface area contributed by atoms with Crippen LogP contribution in [0.15, 0.2) is 47.8 Å². The average Bonchev–Trinajstić information content (AvgIpc) is 2.51. The quantitative estimate of drug-likeness (QED) is 0.792. The minimum absolute atomic E-state index is 0.130. The number of hydrogen-bond donors (Lipinski definition) is 1. The molecule has 1 atom stereocenters. The third-order valence-corrected chi connectivity index (χ3v) is 3.38. The number of ether oxygens (including phenoxy) is 1. The van der Waals surface area contributed by atoms with E-state index in [1.165, 1.54) is 0 Å². The number of rotatable bonds is 4. The van der Waals surface area contributed by atoms with Crippen LogP contribution in [0.4, 0.5) is 0 Å². The summed E-state index contributed by atoms with van der Waals surface area (Å²) in [4.78, 5) is 0. The maximum absolute atomic E-state index is 9.09. The van der Waals surface area contributed by atoms with Crippen molar-refractivity contribution in [1.82, 2.24) is 0 Å². The van der Waals surface area contributed by atoms with Crippen molar-refractivity contribution in [2.75, 3.05) is 6.61 Å². The van der Waals surface area contributed by atoms with E-state index in [0.29, 0.717) is 12.8 Å². The Kier molecular flexibility index (Phi) is 4.87. The second-order valence-corrected chi connectivity index (χ2v) is 5.68. The Morgan fingerprint density at radius 3 is 3.05 bits per heavy atom. The number of aliphatic hydroxyl groups is 1. The van der Waals surface area contributed by atoms with Gasteiger partial charge in [0.05, 0.1) is 6.42 Å². The molecule has 0 saturated heterocycles. The van der Waals surface area contributed by atoms with Crippen molar-refractivity contribution in [2.24, 2.45) is 5.92 Å². The van der Waals surface area contributed by atoms with Crippen molar-refractivity contribution in [3.05, 3.63) is 47.8 Å². The van der Waals surface area contributed by atoms with Gasteiger partial charge in [-0.05, 0) is 26.3 Å². The second-order valence-electron chi connectivity index (χ2n) is 5.68. The molecule has 0 heterocycles. The highest BCUT2D eigenvalue weighted by Gasteiger charge is 2.21. The molecule has 1 unspecified atom stereocenters. The van der Waals surface area contributed by atoms with E-state index >= 15 is 0 Å². The molecular weight excluding hydrogens is 248 g/mol. The standard InChI is InChI=1S/C18H22O2/c1-18(2,12-13-19)20-17-11-7-10-15-8-5-3-4-6-9-16(15)14-17/h3-4,6,8-9,14,16,19H,5,11-13H2,1-2H3/b4-3-,9-6?,15-8-. The molecule has 2 aliphatic rings. The topological polar surface area (TPSA) is 29.5 Å². The molecule has 0 amide bonds. The lowest BCUT2D eigenvalue weighted by atomic mass is 9.96. The molecular formula is C18H22O2. The van der Waals surface area contributed by atoms with Gasteiger partial charge in [-0.25, -0.2) is 0 Å². The zero-order valence-electron chi connectivity index (χ0n) is 12.2. The molecule has 1 N–H and O–H groups in total. The number of aliphatic hydroxyl groups excluding tert-OH is 1. The first kappa shape index (κ1) is 14.7. The van der Waals surface area contributed by atoms with Crippen LogP contribution < -0.4 is 0 Å². The van der Waals surface area contributed by atoms with Gasteiger partial charge in [-0.1, -0.05) is 42.2 Å². The fourth-order valence-electron chi connectivity index (χ4n) is 2.29. The Balaban J connectivity index is 2.20. The lowest BCUT2D eigenvalue weighted by Crippen LogP contribution is -2.25. The number of allylic oxidation sites excluding steroid dienone is 8. The van der Waals surface area contributed by atoms with E-state index in [9.17, 15) is 0 Å². The fraction of sp³-hybridized carbons (Fsp3) is 0.444. The first-order chi connectivity index (χ1) is 9.61. The fourth-order valence-corrected chi connectivity index (χ4v) is 2.29. The maximum atomic E-state index is 9.09. The van der Waals surface area contributed by atoms with Crippen molar-refractivity contribution < 1.29 is 9.84 Å². The van der Waals surface area contributed by atoms with Crippen LogP contribution in [0.5, 0.6) is 0 Å². The Labute approximate surface area is 121 Å². The van der Waals surface area contributed by atoms with Crippen LogP contribution in [-0.2, 0) is 4.74 Å². The van der Waals surface area contributed by atoms with Gasteiger partial charge in [0, 0.05) is 24.5 Å². The van der Waals surface area contributed by atoms with Crippen LogP contribution in [0.2, 0.25) is 0 Å². The molecule has 0 aromatic carbocycles. The molecule has 2 nitrogen and oxygen atoms in total. The smallest absolute Gasteiger partial charge is 0.106 e. The lowest BCUT2D eigenvalue weighted by molar-refractivity contribution is 0.0116. The van der Waals surface area contributed by atoms with E-state index in [1.54, 1.807) is 0 Å². The molecule has 2 aliphatic carbocycles. The largest absolute Gasteiger partial charge is 0.491 e. The van der Waals surface area contributed by atoms with Crippen LogP contribution in [0, 0.1) is 17.8 Å². The Morgan fingerprint density at radius 1 is 1.40 bits per heavy atom. The molecule has 0 aliphatic heterocycles. The zero-order valence-corrected chi connectivity index (χ0v) is 12.2. The Bertz CT molecular complexity index is 521. The normalized spacial score (nSPS) is 25.6. The van der Waals surface area contributed by atoms with Gasteiger partial charge in [-0.15, -0.1) is 0 Å². The van der Waals surface area contributed by atoms with Crippen LogP contribution >= 0.6 is 0 Å². The van der Waals surface area contributed by atoms with E-state index in [2.05, 4.69) is 48.3 Å². The SMILES string of the molecule is CC(C)(CCO)OC1=CC2C=C/C=C\C/C=C\2C#CC1. The highest BCUT2D eigenvalue weighted by molar-refractivity contribution is 5.41. The molecule has 0 bridgehead atoms. The summed E-state index contributed by atoms with van der Waals surface area (Å²) in [6.07, 6.45) is 14.9. The monoisotopic (exact) mass is 270 g/mol. The Morgan fingerprint density at radius 2 is 2.25 bits per heavy atom. The van der Waals surface area contributed by atoms with Crippen LogP contribution in [0.25, 0.3) is 0 Å². The lowest BCUT2D eigenvalue weighted by Gasteiger charge is -2.27. The minimum Gasteiger partial charge on any atom is -0.491 e. The van der Waals surface area contributed by atoms with Gasteiger partial charge in [0.1, 0.15) is 11.4 Å². The summed E-state index contributed by atoms with van der Waals surface area (Å²) in [6, 6.07) is 0. The highest BCUT2D eigenvalue weighted by Crippen LogP contribution is 2.26. The molecule has 0 aromatic heterocycles. The summed E-state index contributed by atoms with van der Waals surface area (Å²) in [5, 5.41) is 9.09. The maximum Gasteiger partial charge on any atom is 0.106 e. The van der Waals surface area contributed by atoms with Gasteiger partial charge in [-0.3, -0.25) is 0 Å². The van der Waals surface area contributed by atoms with Gasteiger partial charge in [0.15, 0.2) is 0 Å². The number of fused-ring (bicyclic) bond motifs is 1. The molecule has 0 radical (unpaired) electrons. The molecule has 2 rings (SSSR count). The predicted molar refractivity (Wildman–Crippen MR) is 81.8 cm³/mol. The summed E-state index contributed by atoms with van der Waals surface area (Å²) < 4.78 is 6.04. The van der Waals surface area contributed by atoms with Gasteiger partial charge in [0.2, 0.25) is 0 Å². The van der Waals surface area contributed by atoms with Gasteiger partial charge >= 0.3 is 0 Å². The van der Waals surface area contributed by atoms with Crippen molar-refractivity contribution >= 4 is 0 Å². The molecule has 0 fully saturated rings. The molecule has 106 valence electrons. The summed E-state index contributed by atoms with van der Waals surface area (Å²) in [5.74, 6) is 7.51. The van der Waals surface area contributed by atoms with E-state index in [0.717, 1.165) is 17.8 Å². The first-order valence-corrected chi connectivity index (χ1v) is 7.13. The van der Waals surface area contributed by atoms with E-state index in [4.69, 9.17) is 9.84 Å².